The van der Waals surface area contributed by atoms with Gasteiger partial charge in [0.1, 0.15) is 11.5 Å². The molecular weight excluding hydrogens is 418 g/mol. The van der Waals surface area contributed by atoms with Crippen LogP contribution in [0.1, 0.15) is 65.2 Å². The van der Waals surface area contributed by atoms with Gasteiger partial charge in [0.05, 0.1) is 29.0 Å². The van der Waals surface area contributed by atoms with E-state index in [1.54, 1.807) is 6.20 Å². The Morgan fingerprint density at radius 3 is 2.64 bits per heavy atom. The topological polar surface area (TPSA) is 72.7 Å². The monoisotopic (exact) mass is 439 g/mol. The lowest BCUT2D eigenvalue weighted by molar-refractivity contribution is 0.0923. The minimum Gasteiger partial charge on any atom is -0.340 e. The number of nitrogens with zero attached hydrogens (tertiary/aromatic N) is 4. The second-order valence-corrected chi connectivity index (χ2v) is 8.82. The summed E-state index contributed by atoms with van der Waals surface area (Å²) in [5.41, 5.74) is 4.63. The third-order valence-corrected chi connectivity index (χ3v) is 6.42. The van der Waals surface area contributed by atoms with Crippen LogP contribution in [-0.4, -0.2) is 25.4 Å². The Balaban J connectivity index is 1.52. The lowest BCUT2D eigenvalue weighted by Gasteiger charge is -2.18. The maximum absolute atomic E-state index is 12.8. The van der Waals surface area contributed by atoms with Crippen molar-refractivity contribution in [1.29, 1.82) is 0 Å². The van der Waals surface area contributed by atoms with Gasteiger partial charge in [-0.25, -0.2) is 9.97 Å². The van der Waals surface area contributed by atoms with E-state index in [0.717, 1.165) is 39.9 Å². The predicted molar refractivity (Wildman–Crippen MR) is 110 cm³/mol. The summed E-state index contributed by atoms with van der Waals surface area (Å²) < 4.78 is 3.27. The molecule has 0 unspecified atom stereocenters. The Hall–Kier alpha value is -2.28. The highest BCUT2D eigenvalue weighted by molar-refractivity contribution is 9.10. The maximum atomic E-state index is 12.8. The molecule has 0 bridgehead atoms. The standard InChI is InChI=1S/C21H22BrN5O/c1-11-9-24-15(10-23-11)21(28)26-18(13-5-6-13)20-25-19-16(27(20)2)8-7-14(22)17(19)12-3-4-12/h7-10,12-13,18H,3-6H2,1-2H3,(H,26,28)/t18-/m0/s1. The summed E-state index contributed by atoms with van der Waals surface area (Å²) in [6.45, 7) is 1.86. The first-order chi connectivity index (χ1) is 13.5. The van der Waals surface area contributed by atoms with Gasteiger partial charge in [-0.15, -0.1) is 0 Å². The number of aryl methyl sites for hydroxylation is 2. The molecule has 5 rings (SSSR count). The van der Waals surface area contributed by atoms with Gasteiger partial charge in [-0.2, -0.15) is 0 Å². The molecule has 1 N–H and O–H groups in total. The molecule has 2 fully saturated rings. The maximum Gasteiger partial charge on any atom is 0.272 e. The Morgan fingerprint density at radius 1 is 1.21 bits per heavy atom. The fraction of sp³-hybridized carbons (Fsp3) is 0.429. The predicted octanol–water partition coefficient (Wildman–Crippen LogP) is 4.19. The zero-order valence-electron chi connectivity index (χ0n) is 15.9. The van der Waals surface area contributed by atoms with Gasteiger partial charge in [0, 0.05) is 17.7 Å². The Bertz CT molecular complexity index is 1070. The number of rotatable bonds is 5. The van der Waals surface area contributed by atoms with Crippen molar-refractivity contribution >= 4 is 32.9 Å². The molecule has 7 heteroatoms. The molecule has 1 atom stereocenters. The number of amides is 1. The molecule has 144 valence electrons. The van der Waals surface area contributed by atoms with Gasteiger partial charge >= 0.3 is 0 Å². The second kappa shape index (κ2) is 6.65. The summed E-state index contributed by atoms with van der Waals surface area (Å²) in [6, 6.07) is 4.12. The molecule has 2 heterocycles. The average molecular weight is 440 g/mol. The summed E-state index contributed by atoms with van der Waals surface area (Å²) in [7, 11) is 2.04. The Morgan fingerprint density at radius 2 is 2.00 bits per heavy atom. The van der Waals surface area contributed by atoms with Crippen molar-refractivity contribution in [3.05, 3.63) is 51.8 Å². The van der Waals surface area contributed by atoms with E-state index in [9.17, 15) is 4.79 Å². The van der Waals surface area contributed by atoms with Gasteiger partial charge in [-0.05, 0) is 62.1 Å². The number of halogens is 1. The van der Waals surface area contributed by atoms with Crippen LogP contribution in [0.3, 0.4) is 0 Å². The number of fused-ring (bicyclic) bond motifs is 1. The van der Waals surface area contributed by atoms with E-state index in [2.05, 4.69) is 47.9 Å². The summed E-state index contributed by atoms with van der Waals surface area (Å²) in [6.07, 6.45) is 7.80. The number of carbonyl (C=O) groups excluding carboxylic acids is 1. The van der Waals surface area contributed by atoms with Gasteiger partial charge in [0.25, 0.3) is 5.91 Å². The third kappa shape index (κ3) is 3.11. The molecule has 2 aliphatic rings. The first-order valence-corrected chi connectivity index (χ1v) is 10.6. The molecule has 28 heavy (non-hydrogen) atoms. The van der Waals surface area contributed by atoms with Crippen molar-refractivity contribution in [2.24, 2.45) is 13.0 Å². The fourth-order valence-electron chi connectivity index (χ4n) is 3.86. The summed E-state index contributed by atoms with van der Waals surface area (Å²) in [4.78, 5) is 26.2. The second-order valence-electron chi connectivity index (χ2n) is 7.96. The van der Waals surface area contributed by atoms with Gasteiger partial charge in [-0.3, -0.25) is 9.78 Å². The first-order valence-electron chi connectivity index (χ1n) is 9.77. The molecule has 2 saturated carbocycles. The quantitative estimate of drug-likeness (QED) is 0.646. The number of benzene rings is 1. The highest BCUT2D eigenvalue weighted by Crippen LogP contribution is 2.47. The Kier molecular flexibility index (Phi) is 4.23. The van der Waals surface area contributed by atoms with Crippen molar-refractivity contribution in [3.8, 4) is 0 Å². The zero-order chi connectivity index (χ0) is 19.4. The zero-order valence-corrected chi connectivity index (χ0v) is 17.5. The van der Waals surface area contributed by atoms with E-state index in [1.807, 2.05) is 14.0 Å². The van der Waals surface area contributed by atoms with E-state index in [4.69, 9.17) is 4.98 Å². The summed E-state index contributed by atoms with van der Waals surface area (Å²) in [5.74, 6) is 1.74. The molecule has 6 nitrogen and oxygen atoms in total. The van der Waals surface area contributed by atoms with Crippen molar-refractivity contribution in [3.63, 3.8) is 0 Å². The van der Waals surface area contributed by atoms with Gasteiger partial charge in [0.15, 0.2) is 0 Å². The molecule has 0 saturated heterocycles. The van der Waals surface area contributed by atoms with Crippen LogP contribution >= 0.6 is 15.9 Å². The van der Waals surface area contributed by atoms with Crippen LogP contribution in [-0.2, 0) is 7.05 Å². The first kappa shape index (κ1) is 17.8. The van der Waals surface area contributed by atoms with E-state index in [1.165, 1.54) is 24.6 Å². The number of hydrogen-bond acceptors (Lipinski definition) is 4. The van der Waals surface area contributed by atoms with Crippen LogP contribution in [0, 0.1) is 12.8 Å². The molecule has 1 amide bonds. The number of carbonyl (C=O) groups is 1. The van der Waals surface area contributed by atoms with Crippen molar-refractivity contribution in [1.82, 2.24) is 24.8 Å². The van der Waals surface area contributed by atoms with E-state index < -0.39 is 0 Å². The normalized spacial score (nSPS) is 17.7. The van der Waals surface area contributed by atoms with E-state index in [0.29, 0.717) is 17.5 Å². The molecule has 0 aliphatic heterocycles. The van der Waals surface area contributed by atoms with Crippen LogP contribution in [0.15, 0.2) is 29.0 Å². The fourth-order valence-corrected chi connectivity index (χ4v) is 4.50. The highest BCUT2D eigenvalue weighted by atomic mass is 79.9. The molecule has 1 aromatic carbocycles. The lowest BCUT2D eigenvalue weighted by Crippen LogP contribution is -2.32. The number of nitrogens with one attached hydrogen (secondary N) is 1. The summed E-state index contributed by atoms with van der Waals surface area (Å²) >= 11 is 3.71. The minimum atomic E-state index is -0.194. The molecule has 2 aliphatic carbocycles. The van der Waals surface area contributed by atoms with Crippen LogP contribution in [0.2, 0.25) is 0 Å². The molecular formula is C21H22BrN5O. The number of imidazole rings is 1. The van der Waals surface area contributed by atoms with Crippen molar-refractivity contribution in [2.75, 3.05) is 0 Å². The summed E-state index contributed by atoms with van der Waals surface area (Å²) in [5, 5.41) is 3.18. The van der Waals surface area contributed by atoms with Crippen LogP contribution in [0.4, 0.5) is 0 Å². The third-order valence-electron chi connectivity index (χ3n) is 5.73. The largest absolute Gasteiger partial charge is 0.340 e. The van der Waals surface area contributed by atoms with Gasteiger partial charge in [-0.1, -0.05) is 15.9 Å². The lowest BCUT2D eigenvalue weighted by atomic mass is 10.1. The van der Waals surface area contributed by atoms with Crippen molar-refractivity contribution < 1.29 is 4.79 Å². The minimum absolute atomic E-state index is 0.112. The van der Waals surface area contributed by atoms with Gasteiger partial charge in [0.2, 0.25) is 0 Å². The number of aromatic nitrogens is 4. The van der Waals surface area contributed by atoms with Crippen LogP contribution < -0.4 is 5.32 Å². The van der Waals surface area contributed by atoms with E-state index >= 15 is 0 Å². The molecule has 3 aromatic rings. The molecule has 2 aromatic heterocycles. The van der Waals surface area contributed by atoms with Crippen LogP contribution in [0.25, 0.3) is 11.0 Å². The highest BCUT2D eigenvalue weighted by Gasteiger charge is 2.38. The SMILES string of the molecule is Cc1cnc(C(=O)N[C@H](c2nc3c(C4CC4)c(Br)ccc3n2C)C2CC2)cn1. The van der Waals surface area contributed by atoms with E-state index in [-0.39, 0.29) is 11.9 Å². The molecule has 0 radical (unpaired) electrons. The molecule has 0 spiro atoms. The van der Waals surface area contributed by atoms with Crippen molar-refractivity contribution in [2.45, 2.75) is 44.6 Å². The Labute approximate surface area is 171 Å². The average Bonchev–Trinajstić information content (AvgIpc) is 3.59. The smallest absolute Gasteiger partial charge is 0.272 e. The van der Waals surface area contributed by atoms with Crippen LogP contribution in [0.5, 0.6) is 0 Å². The number of hydrogen-bond donors (Lipinski definition) is 1. The van der Waals surface area contributed by atoms with Gasteiger partial charge < -0.3 is 9.88 Å².